The van der Waals surface area contributed by atoms with Crippen molar-refractivity contribution in [1.29, 1.82) is 0 Å². The highest BCUT2D eigenvalue weighted by Crippen LogP contribution is 2.26. The van der Waals surface area contributed by atoms with Gasteiger partial charge in [0.15, 0.2) is 0 Å². The number of hydrogen-bond donors (Lipinski definition) is 3. The molecule has 2 aromatic rings. The van der Waals surface area contributed by atoms with Crippen molar-refractivity contribution in [2.24, 2.45) is 0 Å². The van der Waals surface area contributed by atoms with Gasteiger partial charge in [-0.25, -0.2) is 0 Å². The Morgan fingerprint density at radius 2 is 2.05 bits per heavy atom. The number of halogens is 1. The van der Waals surface area contributed by atoms with Crippen LogP contribution in [0.25, 0.3) is 0 Å². The van der Waals surface area contributed by atoms with Crippen molar-refractivity contribution < 1.29 is 14.6 Å². The lowest BCUT2D eigenvalue weighted by Gasteiger charge is -2.09. The number of nitrogens with two attached hydrogens (primary N) is 1. The fraction of sp³-hybridized carbons (Fsp3) is 0.0714. The Hall–Kier alpha value is -2.40. The van der Waals surface area contributed by atoms with E-state index in [9.17, 15) is 9.90 Å². The fourth-order valence-corrected chi connectivity index (χ4v) is 1.76. The van der Waals surface area contributed by atoms with Crippen LogP contribution in [0.5, 0.6) is 11.5 Å². The molecule has 2 aromatic carbocycles. The zero-order chi connectivity index (χ0) is 14.7. The summed E-state index contributed by atoms with van der Waals surface area (Å²) >= 11 is 5.80. The first-order valence-corrected chi connectivity index (χ1v) is 6.12. The Labute approximate surface area is 120 Å². The monoisotopic (exact) mass is 292 g/mol. The minimum Gasteiger partial charge on any atom is -0.507 e. The van der Waals surface area contributed by atoms with E-state index in [1.54, 1.807) is 18.2 Å². The van der Waals surface area contributed by atoms with Crippen LogP contribution in [0.4, 0.5) is 11.4 Å². The SMILES string of the molecule is COc1ccc(O)c(C(=O)Nc2ccc(Cl)c(N)c2)c1. The zero-order valence-electron chi connectivity index (χ0n) is 10.7. The standard InChI is InChI=1S/C14H13ClN2O3/c1-20-9-3-5-13(18)10(7-9)14(19)17-8-2-4-11(15)12(16)6-8/h2-7,18H,16H2,1H3,(H,17,19). The molecule has 0 aliphatic heterocycles. The predicted molar refractivity (Wildman–Crippen MR) is 78.5 cm³/mol. The molecule has 0 aliphatic carbocycles. The number of hydrogen-bond acceptors (Lipinski definition) is 4. The molecule has 1 amide bonds. The van der Waals surface area contributed by atoms with E-state index < -0.39 is 5.91 Å². The third-order valence-corrected chi connectivity index (χ3v) is 3.05. The highest BCUT2D eigenvalue weighted by atomic mass is 35.5. The Morgan fingerprint density at radius 1 is 1.30 bits per heavy atom. The molecular formula is C14H13ClN2O3. The van der Waals surface area contributed by atoms with Crippen molar-refractivity contribution in [1.82, 2.24) is 0 Å². The maximum atomic E-state index is 12.1. The van der Waals surface area contributed by atoms with Gasteiger partial charge in [-0.1, -0.05) is 11.6 Å². The number of nitrogens with one attached hydrogen (secondary N) is 1. The summed E-state index contributed by atoms with van der Waals surface area (Å²) in [5.74, 6) is -0.128. The van der Waals surface area contributed by atoms with Crippen LogP contribution in [0.3, 0.4) is 0 Å². The average Bonchev–Trinajstić information content (AvgIpc) is 2.43. The number of anilines is 2. The molecule has 0 saturated heterocycles. The number of methoxy groups -OCH3 is 1. The van der Waals surface area contributed by atoms with Gasteiger partial charge in [0.25, 0.3) is 5.91 Å². The second-order valence-electron chi connectivity index (χ2n) is 4.07. The number of nitrogen functional groups attached to an aromatic ring is 1. The molecule has 0 fully saturated rings. The normalized spacial score (nSPS) is 10.1. The third kappa shape index (κ3) is 2.95. The van der Waals surface area contributed by atoms with Gasteiger partial charge in [-0.3, -0.25) is 4.79 Å². The molecule has 0 radical (unpaired) electrons. The molecule has 0 aliphatic rings. The molecule has 104 valence electrons. The topological polar surface area (TPSA) is 84.6 Å². The van der Waals surface area contributed by atoms with Crippen LogP contribution in [0, 0.1) is 0 Å². The second-order valence-corrected chi connectivity index (χ2v) is 4.48. The maximum absolute atomic E-state index is 12.1. The molecule has 0 bridgehead atoms. The number of phenols is 1. The minimum atomic E-state index is -0.469. The summed E-state index contributed by atoms with van der Waals surface area (Å²) in [7, 11) is 1.48. The molecule has 2 rings (SSSR count). The van der Waals surface area contributed by atoms with E-state index in [0.29, 0.717) is 22.1 Å². The highest BCUT2D eigenvalue weighted by Gasteiger charge is 2.13. The largest absolute Gasteiger partial charge is 0.507 e. The highest BCUT2D eigenvalue weighted by molar-refractivity contribution is 6.33. The van der Waals surface area contributed by atoms with E-state index in [2.05, 4.69) is 5.32 Å². The second kappa shape index (κ2) is 5.71. The van der Waals surface area contributed by atoms with Crippen LogP contribution < -0.4 is 15.8 Å². The summed E-state index contributed by atoms with van der Waals surface area (Å²) in [5.41, 5.74) is 6.61. The Balaban J connectivity index is 2.25. The van der Waals surface area contributed by atoms with Gasteiger partial charge in [0, 0.05) is 5.69 Å². The quantitative estimate of drug-likeness (QED) is 0.759. The van der Waals surface area contributed by atoms with Crippen LogP contribution in [0.1, 0.15) is 10.4 Å². The van der Waals surface area contributed by atoms with Crippen molar-refractivity contribution in [2.75, 3.05) is 18.2 Å². The van der Waals surface area contributed by atoms with Crippen LogP contribution in [-0.2, 0) is 0 Å². The predicted octanol–water partition coefficient (Wildman–Crippen LogP) is 2.89. The maximum Gasteiger partial charge on any atom is 0.259 e. The molecule has 20 heavy (non-hydrogen) atoms. The van der Waals surface area contributed by atoms with Gasteiger partial charge in [-0.2, -0.15) is 0 Å². The van der Waals surface area contributed by atoms with Gasteiger partial charge in [-0.05, 0) is 36.4 Å². The van der Waals surface area contributed by atoms with E-state index in [0.717, 1.165) is 0 Å². The lowest BCUT2D eigenvalue weighted by molar-refractivity contribution is 0.102. The minimum absolute atomic E-state index is 0.109. The lowest BCUT2D eigenvalue weighted by Crippen LogP contribution is -2.12. The van der Waals surface area contributed by atoms with Gasteiger partial charge in [-0.15, -0.1) is 0 Å². The van der Waals surface area contributed by atoms with E-state index in [1.165, 1.54) is 25.3 Å². The molecule has 0 atom stereocenters. The van der Waals surface area contributed by atoms with Crippen LogP contribution in [0.15, 0.2) is 36.4 Å². The Kier molecular flexibility index (Phi) is 4.00. The number of ether oxygens (including phenoxy) is 1. The molecule has 0 saturated carbocycles. The summed E-state index contributed by atoms with van der Waals surface area (Å²) in [6, 6.07) is 9.14. The van der Waals surface area contributed by atoms with E-state index in [4.69, 9.17) is 22.1 Å². The lowest BCUT2D eigenvalue weighted by atomic mass is 10.1. The van der Waals surface area contributed by atoms with Crippen LogP contribution >= 0.6 is 11.6 Å². The summed E-state index contributed by atoms with van der Waals surface area (Å²) in [5, 5.41) is 12.8. The van der Waals surface area contributed by atoms with Crippen LogP contribution in [0.2, 0.25) is 5.02 Å². The van der Waals surface area contributed by atoms with Crippen molar-refractivity contribution in [3.05, 3.63) is 47.0 Å². The number of phenolic OH excluding ortho intramolecular Hbond substituents is 1. The number of rotatable bonds is 3. The first kappa shape index (κ1) is 14.0. The summed E-state index contributed by atoms with van der Waals surface area (Å²) in [6.45, 7) is 0. The van der Waals surface area contributed by atoms with Crippen LogP contribution in [-0.4, -0.2) is 18.1 Å². The molecule has 6 heteroatoms. The molecule has 5 nitrogen and oxygen atoms in total. The van der Waals surface area contributed by atoms with Gasteiger partial charge in [0.2, 0.25) is 0 Å². The average molecular weight is 293 g/mol. The first-order chi connectivity index (χ1) is 9.51. The molecular weight excluding hydrogens is 280 g/mol. The van der Waals surface area contributed by atoms with Crippen molar-refractivity contribution >= 4 is 28.9 Å². The summed E-state index contributed by atoms with van der Waals surface area (Å²) in [6.07, 6.45) is 0. The van der Waals surface area contributed by atoms with E-state index in [-0.39, 0.29) is 11.3 Å². The summed E-state index contributed by atoms with van der Waals surface area (Å²) in [4.78, 5) is 12.1. The molecule has 4 N–H and O–H groups in total. The molecule has 0 heterocycles. The number of benzene rings is 2. The smallest absolute Gasteiger partial charge is 0.259 e. The summed E-state index contributed by atoms with van der Waals surface area (Å²) < 4.78 is 5.02. The Morgan fingerprint density at radius 3 is 2.70 bits per heavy atom. The number of aromatic hydroxyl groups is 1. The van der Waals surface area contributed by atoms with Crippen molar-refractivity contribution in [2.45, 2.75) is 0 Å². The third-order valence-electron chi connectivity index (χ3n) is 2.70. The fourth-order valence-electron chi connectivity index (χ4n) is 1.64. The van der Waals surface area contributed by atoms with E-state index >= 15 is 0 Å². The van der Waals surface area contributed by atoms with E-state index in [1.807, 2.05) is 0 Å². The van der Waals surface area contributed by atoms with Gasteiger partial charge >= 0.3 is 0 Å². The Bertz CT molecular complexity index is 659. The number of carbonyl (C=O) groups is 1. The number of amides is 1. The van der Waals surface area contributed by atoms with Gasteiger partial charge in [0.05, 0.1) is 23.4 Å². The number of carbonyl (C=O) groups excluding carboxylic acids is 1. The van der Waals surface area contributed by atoms with Gasteiger partial charge in [0.1, 0.15) is 11.5 Å². The molecule has 0 aromatic heterocycles. The zero-order valence-corrected chi connectivity index (χ0v) is 11.4. The van der Waals surface area contributed by atoms with Gasteiger partial charge < -0.3 is 20.9 Å². The molecule has 0 unspecified atom stereocenters. The molecule has 0 spiro atoms. The van der Waals surface area contributed by atoms with Crippen molar-refractivity contribution in [3.8, 4) is 11.5 Å². The first-order valence-electron chi connectivity index (χ1n) is 5.74. The van der Waals surface area contributed by atoms with Crippen molar-refractivity contribution in [3.63, 3.8) is 0 Å².